The summed E-state index contributed by atoms with van der Waals surface area (Å²) in [5.74, 6) is -2.97. The molecule has 2 atom stereocenters. The first kappa shape index (κ1) is 10.4. The maximum atomic E-state index is 12.7. The lowest BCUT2D eigenvalue weighted by molar-refractivity contribution is -0.122. The Hall–Kier alpha value is -0.710. The predicted octanol–water partition coefficient (Wildman–Crippen LogP) is 0.638. The van der Waals surface area contributed by atoms with Gasteiger partial charge in [0.2, 0.25) is 11.8 Å². The Labute approximate surface area is 75.7 Å². The van der Waals surface area contributed by atoms with Crippen molar-refractivity contribution in [2.45, 2.75) is 44.2 Å². The van der Waals surface area contributed by atoms with Crippen LogP contribution in [0.2, 0.25) is 0 Å². The van der Waals surface area contributed by atoms with Gasteiger partial charge in [-0.05, 0) is 13.3 Å². The molecule has 76 valence electrons. The van der Waals surface area contributed by atoms with E-state index in [0.717, 1.165) is 0 Å². The largest absolute Gasteiger partial charge is 0.352 e. The zero-order valence-electron chi connectivity index (χ0n) is 7.52. The van der Waals surface area contributed by atoms with Crippen LogP contribution in [-0.2, 0) is 4.79 Å². The van der Waals surface area contributed by atoms with Crippen molar-refractivity contribution in [2.75, 3.05) is 0 Å². The molecule has 1 aliphatic carbocycles. The minimum absolute atomic E-state index is 0.142. The third-order valence-corrected chi connectivity index (χ3v) is 2.16. The molecule has 1 saturated carbocycles. The number of carbonyl (C=O) groups excluding carboxylic acids is 1. The Morgan fingerprint density at radius 1 is 1.69 bits per heavy atom. The molecule has 0 aliphatic heterocycles. The van der Waals surface area contributed by atoms with E-state index in [1.807, 2.05) is 0 Å². The van der Waals surface area contributed by atoms with Crippen molar-refractivity contribution in [3.63, 3.8) is 0 Å². The molecule has 0 radical (unpaired) electrons. The molecule has 0 aromatic rings. The SMILES string of the molecule is CC(N)C(=O)NC1CCC(F)(F)C1. The maximum absolute atomic E-state index is 12.7. The quantitative estimate of drug-likeness (QED) is 0.674. The van der Waals surface area contributed by atoms with Gasteiger partial charge in [-0.15, -0.1) is 0 Å². The molecule has 0 saturated heterocycles. The molecular weight excluding hydrogens is 178 g/mol. The number of alkyl halides is 2. The van der Waals surface area contributed by atoms with Crippen molar-refractivity contribution in [1.29, 1.82) is 0 Å². The lowest BCUT2D eigenvalue weighted by Crippen LogP contribution is -2.43. The third-order valence-electron chi connectivity index (χ3n) is 2.16. The van der Waals surface area contributed by atoms with Gasteiger partial charge in [-0.1, -0.05) is 0 Å². The summed E-state index contributed by atoms with van der Waals surface area (Å²) in [5, 5.41) is 2.49. The highest BCUT2D eigenvalue weighted by Gasteiger charge is 2.40. The van der Waals surface area contributed by atoms with Gasteiger partial charge in [-0.3, -0.25) is 4.79 Å². The minimum Gasteiger partial charge on any atom is -0.352 e. The molecule has 0 spiro atoms. The van der Waals surface area contributed by atoms with E-state index in [1.54, 1.807) is 0 Å². The fourth-order valence-electron chi connectivity index (χ4n) is 1.41. The molecule has 1 fully saturated rings. The minimum atomic E-state index is -2.62. The second-order valence-electron chi connectivity index (χ2n) is 3.59. The number of hydrogen-bond acceptors (Lipinski definition) is 2. The first-order valence-corrected chi connectivity index (χ1v) is 4.34. The summed E-state index contributed by atoms with van der Waals surface area (Å²) in [6.07, 6.45) is -0.0617. The van der Waals surface area contributed by atoms with Crippen LogP contribution in [0.4, 0.5) is 8.78 Å². The Morgan fingerprint density at radius 3 is 2.69 bits per heavy atom. The Morgan fingerprint density at radius 2 is 2.31 bits per heavy atom. The molecule has 1 amide bonds. The molecule has 13 heavy (non-hydrogen) atoms. The van der Waals surface area contributed by atoms with Gasteiger partial charge in [-0.25, -0.2) is 8.78 Å². The first-order chi connectivity index (χ1) is 5.91. The summed E-state index contributed by atoms with van der Waals surface area (Å²) in [5.41, 5.74) is 5.28. The van der Waals surface area contributed by atoms with Crippen LogP contribution in [0.3, 0.4) is 0 Å². The number of amides is 1. The summed E-state index contributed by atoms with van der Waals surface area (Å²) < 4.78 is 25.3. The number of halogens is 2. The van der Waals surface area contributed by atoms with Crippen LogP contribution in [-0.4, -0.2) is 23.9 Å². The van der Waals surface area contributed by atoms with E-state index in [9.17, 15) is 13.6 Å². The average molecular weight is 192 g/mol. The van der Waals surface area contributed by atoms with E-state index in [2.05, 4.69) is 5.32 Å². The standard InChI is InChI=1S/C8H14F2N2O/c1-5(11)7(13)12-6-2-3-8(9,10)4-6/h5-6H,2-4,11H2,1H3,(H,12,13). The number of rotatable bonds is 2. The molecule has 0 aromatic heterocycles. The van der Waals surface area contributed by atoms with Crippen LogP contribution in [0, 0.1) is 0 Å². The molecule has 0 bridgehead atoms. The van der Waals surface area contributed by atoms with Gasteiger partial charge < -0.3 is 11.1 Å². The molecule has 0 heterocycles. The highest BCUT2D eigenvalue weighted by molar-refractivity contribution is 5.81. The van der Waals surface area contributed by atoms with Crippen LogP contribution in [0.5, 0.6) is 0 Å². The lowest BCUT2D eigenvalue weighted by Gasteiger charge is -2.14. The summed E-state index contributed by atoms with van der Waals surface area (Å²) in [7, 11) is 0. The van der Waals surface area contributed by atoms with Crippen molar-refractivity contribution >= 4 is 5.91 Å². The molecule has 5 heteroatoms. The zero-order chi connectivity index (χ0) is 10.1. The summed E-state index contributed by atoms with van der Waals surface area (Å²) >= 11 is 0. The Balaban J connectivity index is 2.37. The topological polar surface area (TPSA) is 55.1 Å². The van der Waals surface area contributed by atoms with Crippen LogP contribution in [0.25, 0.3) is 0 Å². The first-order valence-electron chi connectivity index (χ1n) is 4.34. The van der Waals surface area contributed by atoms with E-state index in [-0.39, 0.29) is 18.7 Å². The summed E-state index contributed by atoms with van der Waals surface area (Å²) in [6, 6.07) is -1.04. The van der Waals surface area contributed by atoms with E-state index >= 15 is 0 Å². The monoisotopic (exact) mass is 192 g/mol. The third kappa shape index (κ3) is 2.91. The van der Waals surface area contributed by atoms with E-state index in [0.29, 0.717) is 6.42 Å². The van der Waals surface area contributed by atoms with Crippen LogP contribution < -0.4 is 11.1 Å². The van der Waals surface area contributed by atoms with Crippen molar-refractivity contribution in [2.24, 2.45) is 5.73 Å². The highest BCUT2D eigenvalue weighted by Crippen LogP contribution is 2.34. The smallest absolute Gasteiger partial charge is 0.250 e. The van der Waals surface area contributed by atoms with Crippen molar-refractivity contribution in [3.05, 3.63) is 0 Å². The highest BCUT2D eigenvalue weighted by atomic mass is 19.3. The molecule has 0 aromatic carbocycles. The second-order valence-corrected chi connectivity index (χ2v) is 3.59. The molecule has 3 nitrogen and oxygen atoms in total. The van der Waals surface area contributed by atoms with Gasteiger partial charge in [0.15, 0.2) is 0 Å². The second kappa shape index (κ2) is 3.57. The number of carbonyl (C=O) groups is 1. The van der Waals surface area contributed by atoms with Gasteiger partial charge in [0.05, 0.1) is 6.04 Å². The fraction of sp³-hybridized carbons (Fsp3) is 0.875. The average Bonchev–Trinajstić information content (AvgIpc) is 2.30. The van der Waals surface area contributed by atoms with Gasteiger partial charge in [-0.2, -0.15) is 0 Å². The van der Waals surface area contributed by atoms with E-state index < -0.39 is 18.0 Å². The van der Waals surface area contributed by atoms with Crippen LogP contribution >= 0.6 is 0 Å². The molecule has 1 aliphatic rings. The molecule has 3 N–H and O–H groups in total. The van der Waals surface area contributed by atoms with Gasteiger partial charge in [0, 0.05) is 18.9 Å². The molecule has 2 unspecified atom stereocenters. The Kier molecular flexibility index (Phi) is 2.85. The molecular formula is C8H14F2N2O. The van der Waals surface area contributed by atoms with Gasteiger partial charge >= 0.3 is 0 Å². The summed E-state index contributed by atoms with van der Waals surface area (Å²) in [4.78, 5) is 11.0. The number of nitrogens with one attached hydrogen (secondary N) is 1. The summed E-state index contributed by atoms with van der Waals surface area (Å²) in [6.45, 7) is 1.53. The van der Waals surface area contributed by atoms with E-state index in [1.165, 1.54) is 6.92 Å². The Bertz CT molecular complexity index is 206. The van der Waals surface area contributed by atoms with E-state index in [4.69, 9.17) is 5.73 Å². The number of hydrogen-bond donors (Lipinski definition) is 2. The number of nitrogens with two attached hydrogens (primary N) is 1. The fourth-order valence-corrected chi connectivity index (χ4v) is 1.41. The lowest BCUT2D eigenvalue weighted by atomic mass is 10.2. The maximum Gasteiger partial charge on any atom is 0.250 e. The van der Waals surface area contributed by atoms with Crippen molar-refractivity contribution < 1.29 is 13.6 Å². The normalized spacial score (nSPS) is 28.5. The predicted molar refractivity (Wildman–Crippen MR) is 44.4 cm³/mol. The van der Waals surface area contributed by atoms with Crippen molar-refractivity contribution in [1.82, 2.24) is 5.32 Å². The van der Waals surface area contributed by atoms with Gasteiger partial charge in [0.1, 0.15) is 0 Å². The van der Waals surface area contributed by atoms with Crippen LogP contribution in [0.15, 0.2) is 0 Å². The van der Waals surface area contributed by atoms with Crippen LogP contribution in [0.1, 0.15) is 26.2 Å². The zero-order valence-corrected chi connectivity index (χ0v) is 7.52. The van der Waals surface area contributed by atoms with Crippen molar-refractivity contribution in [3.8, 4) is 0 Å². The van der Waals surface area contributed by atoms with Gasteiger partial charge in [0.25, 0.3) is 0 Å². The molecule has 1 rings (SSSR count).